The van der Waals surface area contributed by atoms with E-state index in [-0.39, 0.29) is 41.0 Å². The van der Waals surface area contributed by atoms with Gasteiger partial charge in [0.15, 0.2) is 5.78 Å². The van der Waals surface area contributed by atoms with Gasteiger partial charge in [-0.1, -0.05) is 27.7 Å². The SMILES string of the molecule is CC1(C)C(=O)C2OC2C2(C)C1CC(=O)C1(C)C3=CC(=O)OC(c4ccoc4)C3(C)CCC12. The van der Waals surface area contributed by atoms with Gasteiger partial charge < -0.3 is 13.9 Å². The van der Waals surface area contributed by atoms with Crippen LogP contribution in [0.15, 0.2) is 34.7 Å². The molecule has 170 valence electrons. The molecule has 0 radical (unpaired) electrons. The van der Waals surface area contributed by atoms with E-state index in [1.54, 1.807) is 18.6 Å². The molecule has 0 aromatic carbocycles. The maximum atomic E-state index is 14.0. The van der Waals surface area contributed by atoms with Crippen LogP contribution in [0.1, 0.15) is 65.5 Å². The van der Waals surface area contributed by atoms with Gasteiger partial charge in [0, 0.05) is 34.3 Å². The number of esters is 1. The minimum atomic E-state index is -0.799. The van der Waals surface area contributed by atoms with E-state index >= 15 is 0 Å². The number of carbonyl (C=O) groups is 3. The highest BCUT2D eigenvalue weighted by atomic mass is 16.6. The van der Waals surface area contributed by atoms with Crippen LogP contribution >= 0.6 is 0 Å². The van der Waals surface area contributed by atoms with Gasteiger partial charge in [0.2, 0.25) is 0 Å². The molecule has 2 aliphatic heterocycles. The van der Waals surface area contributed by atoms with E-state index in [4.69, 9.17) is 13.9 Å². The van der Waals surface area contributed by atoms with Gasteiger partial charge in [-0.05, 0) is 43.2 Å². The Balaban J connectivity index is 1.51. The maximum Gasteiger partial charge on any atom is 0.331 e. The fourth-order valence-electron chi connectivity index (χ4n) is 8.38. The van der Waals surface area contributed by atoms with Crippen molar-refractivity contribution < 1.29 is 28.3 Å². The highest BCUT2D eigenvalue weighted by molar-refractivity contribution is 5.97. The maximum absolute atomic E-state index is 14.0. The van der Waals surface area contributed by atoms with Gasteiger partial charge in [-0.2, -0.15) is 0 Å². The van der Waals surface area contributed by atoms with Crippen LogP contribution in [-0.2, 0) is 23.9 Å². The van der Waals surface area contributed by atoms with Crippen molar-refractivity contribution in [3.05, 3.63) is 35.8 Å². The van der Waals surface area contributed by atoms with Gasteiger partial charge in [-0.15, -0.1) is 0 Å². The van der Waals surface area contributed by atoms with Gasteiger partial charge in [0.05, 0.1) is 24.0 Å². The molecule has 0 amide bonds. The van der Waals surface area contributed by atoms with Crippen LogP contribution in [0.4, 0.5) is 0 Å². The van der Waals surface area contributed by atoms with E-state index in [0.29, 0.717) is 6.42 Å². The number of fused-ring (bicyclic) bond motifs is 7. The highest BCUT2D eigenvalue weighted by Crippen LogP contribution is 2.73. The van der Waals surface area contributed by atoms with Crippen molar-refractivity contribution in [3.8, 4) is 0 Å². The van der Waals surface area contributed by atoms with Crippen molar-refractivity contribution >= 4 is 17.5 Å². The molecule has 0 bridgehead atoms. The summed E-state index contributed by atoms with van der Waals surface area (Å²) >= 11 is 0. The summed E-state index contributed by atoms with van der Waals surface area (Å²) in [6, 6.07) is 1.83. The Bertz CT molecular complexity index is 1080. The number of hydrogen-bond acceptors (Lipinski definition) is 6. The first-order valence-electron chi connectivity index (χ1n) is 11.6. The summed E-state index contributed by atoms with van der Waals surface area (Å²) < 4.78 is 17.1. The minimum Gasteiger partial charge on any atom is -0.472 e. The van der Waals surface area contributed by atoms with Crippen LogP contribution in [0.3, 0.4) is 0 Å². The second-order valence-corrected chi connectivity index (χ2v) is 11.8. The quantitative estimate of drug-likeness (QED) is 0.483. The molecule has 0 spiro atoms. The number of cyclic esters (lactones) is 1. The second kappa shape index (κ2) is 5.82. The van der Waals surface area contributed by atoms with Crippen LogP contribution in [-0.4, -0.2) is 29.7 Å². The molecule has 8 atom stereocenters. The fraction of sp³-hybridized carbons (Fsp3) is 0.654. The zero-order chi connectivity index (χ0) is 22.8. The number of furan rings is 1. The van der Waals surface area contributed by atoms with Gasteiger partial charge in [0.1, 0.15) is 18.0 Å². The molecule has 32 heavy (non-hydrogen) atoms. The number of epoxide rings is 1. The zero-order valence-electron chi connectivity index (χ0n) is 19.3. The van der Waals surface area contributed by atoms with Crippen molar-refractivity contribution in [1.29, 1.82) is 0 Å². The van der Waals surface area contributed by atoms with Crippen LogP contribution in [0.2, 0.25) is 0 Å². The van der Waals surface area contributed by atoms with Crippen LogP contribution in [0, 0.1) is 33.5 Å². The smallest absolute Gasteiger partial charge is 0.331 e. The molecule has 6 rings (SSSR count). The molecule has 5 aliphatic rings. The number of rotatable bonds is 1. The number of carbonyl (C=O) groups excluding carboxylic acids is 3. The fourth-order valence-corrected chi connectivity index (χ4v) is 8.38. The first kappa shape index (κ1) is 20.4. The Kier molecular flexibility index (Phi) is 3.71. The Labute approximate surface area is 187 Å². The lowest BCUT2D eigenvalue weighted by Crippen LogP contribution is -2.66. The standard InChI is InChI=1S/C26H30O6/c1-23(2)15-10-17(27)25(4)14(26(15,5)22-19(32-22)20(23)29)6-8-24(3)16(25)11-18(28)31-21(24)13-7-9-30-12-13/h7,9,11-12,14-15,19,21-22H,6,8,10H2,1-5H3. The molecule has 3 saturated carbocycles. The first-order valence-corrected chi connectivity index (χ1v) is 11.6. The summed E-state index contributed by atoms with van der Waals surface area (Å²) in [5, 5.41) is 0. The minimum absolute atomic E-state index is 0.00107. The van der Waals surface area contributed by atoms with Crippen LogP contribution in [0.5, 0.6) is 0 Å². The van der Waals surface area contributed by atoms with E-state index < -0.39 is 28.3 Å². The predicted octanol–water partition coefficient (Wildman–Crippen LogP) is 4.20. The predicted molar refractivity (Wildman–Crippen MR) is 113 cm³/mol. The summed E-state index contributed by atoms with van der Waals surface area (Å²) in [6.07, 6.45) is 5.72. The molecule has 1 saturated heterocycles. The Morgan fingerprint density at radius 2 is 1.78 bits per heavy atom. The summed E-state index contributed by atoms with van der Waals surface area (Å²) in [5.74, 6) is -0.226. The molecule has 3 heterocycles. The molecule has 6 nitrogen and oxygen atoms in total. The Morgan fingerprint density at radius 3 is 2.47 bits per heavy atom. The van der Waals surface area contributed by atoms with Gasteiger partial charge in [-0.25, -0.2) is 4.79 Å². The van der Waals surface area contributed by atoms with Crippen molar-refractivity contribution in [2.45, 2.75) is 72.2 Å². The average molecular weight is 439 g/mol. The molecular weight excluding hydrogens is 408 g/mol. The second-order valence-electron chi connectivity index (χ2n) is 11.8. The van der Waals surface area contributed by atoms with E-state index in [9.17, 15) is 14.4 Å². The largest absolute Gasteiger partial charge is 0.472 e. The average Bonchev–Trinajstić information content (AvgIpc) is 3.37. The number of ketones is 2. The monoisotopic (exact) mass is 438 g/mol. The van der Waals surface area contributed by atoms with E-state index in [0.717, 1.165) is 24.0 Å². The number of hydrogen-bond donors (Lipinski definition) is 0. The number of ether oxygens (including phenoxy) is 2. The molecule has 8 unspecified atom stereocenters. The molecule has 1 aromatic heterocycles. The summed E-state index contributed by atoms with van der Waals surface area (Å²) in [5.41, 5.74) is -0.516. The Morgan fingerprint density at radius 1 is 1.03 bits per heavy atom. The van der Waals surface area contributed by atoms with E-state index in [1.165, 1.54) is 0 Å². The van der Waals surface area contributed by atoms with Crippen molar-refractivity contribution in [3.63, 3.8) is 0 Å². The summed E-state index contributed by atoms with van der Waals surface area (Å²) in [7, 11) is 0. The molecule has 0 N–H and O–H groups in total. The first-order chi connectivity index (χ1) is 15.0. The Hall–Kier alpha value is -2.21. The lowest BCUT2D eigenvalue weighted by atomic mass is 9.37. The molecule has 1 aromatic rings. The lowest BCUT2D eigenvalue weighted by molar-refractivity contribution is -0.177. The lowest BCUT2D eigenvalue weighted by Gasteiger charge is -2.65. The van der Waals surface area contributed by atoms with Crippen LogP contribution < -0.4 is 0 Å². The van der Waals surface area contributed by atoms with Crippen LogP contribution in [0.25, 0.3) is 0 Å². The third kappa shape index (κ3) is 2.13. The number of Topliss-reactive ketones (excluding diaryl/α,β-unsaturated/α-hetero) is 2. The molecule has 3 aliphatic carbocycles. The van der Waals surface area contributed by atoms with Gasteiger partial charge >= 0.3 is 5.97 Å². The van der Waals surface area contributed by atoms with Crippen molar-refractivity contribution in [2.75, 3.05) is 0 Å². The molecular formula is C26H30O6. The summed E-state index contributed by atoms with van der Waals surface area (Å²) in [6.45, 7) is 10.3. The van der Waals surface area contributed by atoms with E-state index in [2.05, 4.69) is 13.8 Å². The third-order valence-electron chi connectivity index (χ3n) is 10.1. The van der Waals surface area contributed by atoms with E-state index in [1.807, 2.05) is 26.8 Å². The zero-order valence-corrected chi connectivity index (χ0v) is 19.3. The molecule has 4 fully saturated rings. The third-order valence-corrected chi connectivity index (χ3v) is 10.1. The van der Waals surface area contributed by atoms with Crippen molar-refractivity contribution in [2.24, 2.45) is 33.5 Å². The van der Waals surface area contributed by atoms with Crippen molar-refractivity contribution in [1.82, 2.24) is 0 Å². The topological polar surface area (TPSA) is 86.1 Å². The normalized spacial score (nSPS) is 48.6. The highest BCUT2D eigenvalue weighted by Gasteiger charge is 2.77. The van der Waals surface area contributed by atoms with Gasteiger partial charge in [0.25, 0.3) is 0 Å². The molecule has 6 heteroatoms. The van der Waals surface area contributed by atoms with Gasteiger partial charge in [-0.3, -0.25) is 9.59 Å². The summed E-state index contributed by atoms with van der Waals surface area (Å²) in [4.78, 5) is 39.8.